The number of nitrogens with zero attached hydrogens (tertiary/aromatic N) is 2. The van der Waals surface area contributed by atoms with Crippen molar-refractivity contribution in [2.24, 2.45) is 0 Å². The highest BCUT2D eigenvalue weighted by molar-refractivity contribution is 6.31. The van der Waals surface area contributed by atoms with E-state index in [2.05, 4.69) is 10.4 Å². The van der Waals surface area contributed by atoms with Crippen molar-refractivity contribution in [2.75, 3.05) is 7.05 Å². The first kappa shape index (κ1) is 11.2. The molecule has 0 fully saturated rings. The molecule has 1 aromatic heterocycles. The predicted molar refractivity (Wildman–Crippen MR) is 66.1 cm³/mol. The Morgan fingerprint density at radius 2 is 2.25 bits per heavy atom. The van der Waals surface area contributed by atoms with Crippen LogP contribution in [0.15, 0.2) is 30.6 Å². The number of benzene rings is 1. The standard InChI is InChI=1S/C12H14ClN3/c1-9-6-15-16(8-9)12-5-3-4-11(13)10(12)7-14-2/h3-6,8,14H,7H2,1-2H3. The molecule has 84 valence electrons. The highest BCUT2D eigenvalue weighted by Gasteiger charge is 2.08. The van der Waals surface area contributed by atoms with Crippen LogP contribution < -0.4 is 5.32 Å². The monoisotopic (exact) mass is 235 g/mol. The minimum Gasteiger partial charge on any atom is -0.316 e. The van der Waals surface area contributed by atoms with Crippen molar-refractivity contribution in [1.82, 2.24) is 15.1 Å². The van der Waals surface area contributed by atoms with Crippen LogP contribution in [0.5, 0.6) is 0 Å². The van der Waals surface area contributed by atoms with Crippen LogP contribution in [0.4, 0.5) is 0 Å². The first-order valence-corrected chi connectivity index (χ1v) is 5.54. The van der Waals surface area contributed by atoms with Crippen LogP contribution in [0.3, 0.4) is 0 Å². The molecular weight excluding hydrogens is 222 g/mol. The molecule has 16 heavy (non-hydrogen) atoms. The molecule has 0 aliphatic rings. The van der Waals surface area contributed by atoms with Crippen LogP contribution in [0.1, 0.15) is 11.1 Å². The number of aromatic nitrogens is 2. The van der Waals surface area contributed by atoms with Crippen LogP contribution in [-0.2, 0) is 6.54 Å². The first-order chi connectivity index (χ1) is 7.72. The zero-order chi connectivity index (χ0) is 11.5. The quantitative estimate of drug-likeness (QED) is 0.886. The molecule has 0 atom stereocenters. The summed E-state index contributed by atoms with van der Waals surface area (Å²) in [6, 6.07) is 5.85. The van der Waals surface area contributed by atoms with E-state index < -0.39 is 0 Å². The fraction of sp³-hybridized carbons (Fsp3) is 0.250. The second kappa shape index (κ2) is 4.68. The summed E-state index contributed by atoms with van der Waals surface area (Å²) in [6.45, 7) is 2.75. The molecule has 1 N–H and O–H groups in total. The lowest BCUT2D eigenvalue weighted by molar-refractivity contribution is 0.789. The van der Waals surface area contributed by atoms with Gasteiger partial charge in [0, 0.05) is 23.3 Å². The largest absolute Gasteiger partial charge is 0.316 e. The Bertz CT molecular complexity index is 491. The maximum Gasteiger partial charge on any atom is 0.0705 e. The van der Waals surface area contributed by atoms with Crippen molar-refractivity contribution in [3.05, 3.63) is 46.7 Å². The number of hydrogen-bond acceptors (Lipinski definition) is 2. The van der Waals surface area contributed by atoms with E-state index in [1.165, 1.54) is 0 Å². The minimum absolute atomic E-state index is 0.730. The maximum absolute atomic E-state index is 6.18. The van der Waals surface area contributed by atoms with E-state index in [0.717, 1.165) is 28.4 Å². The van der Waals surface area contributed by atoms with Gasteiger partial charge in [-0.25, -0.2) is 4.68 Å². The third-order valence-corrected chi connectivity index (χ3v) is 2.76. The van der Waals surface area contributed by atoms with E-state index in [4.69, 9.17) is 11.6 Å². The second-order valence-corrected chi connectivity index (χ2v) is 4.14. The third-order valence-electron chi connectivity index (χ3n) is 2.41. The molecule has 2 rings (SSSR count). The Labute approximate surface area is 100 Å². The molecule has 0 bridgehead atoms. The maximum atomic E-state index is 6.18. The topological polar surface area (TPSA) is 29.9 Å². The smallest absolute Gasteiger partial charge is 0.0705 e. The van der Waals surface area contributed by atoms with Gasteiger partial charge in [0.05, 0.1) is 11.9 Å². The van der Waals surface area contributed by atoms with E-state index in [1.807, 2.05) is 49.2 Å². The van der Waals surface area contributed by atoms with E-state index in [1.54, 1.807) is 0 Å². The highest BCUT2D eigenvalue weighted by Crippen LogP contribution is 2.22. The van der Waals surface area contributed by atoms with Gasteiger partial charge < -0.3 is 5.32 Å². The van der Waals surface area contributed by atoms with Gasteiger partial charge in [0.15, 0.2) is 0 Å². The predicted octanol–water partition coefficient (Wildman–Crippen LogP) is 2.55. The Morgan fingerprint density at radius 1 is 1.44 bits per heavy atom. The minimum atomic E-state index is 0.730. The lowest BCUT2D eigenvalue weighted by Gasteiger charge is -2.10. The average Bonchev–Trinajstić information content (AvgIpc) is 2.68. The summed E-state index contributed by atoms with van der Waals surface area (Å²) in [5.74, 6) is 0. The van der Waals surface area contributed by atoms with Gasteiger partial charge in [-0.05, 0) is 31.7 Å². The van der Waals surface area contributed by atoms with Crippen molar-refractivity contribution >= 4 is 11.6 Å². The van der Waals surface area contributed by atoms with Gasteiger partial charge in [-0.1, -0.05) is 17.7 Å². The Balaban J connectivity index is 2.51. The lowest BCUT2D eigenvalue weighted by atomic mass is 10.1. The van der Waals surface area contributed by atoms with Crippen molar-refractivity contribution in [2.45, 2.75) is 13.5 Å². The third kappa shape index (κ3) is 2.10. The summed E-state index contributed by atoms with van der Waals surface area (Å²) >= 11 is 6.18. The summed E-state index contributed by atoms with van der Waals surface area (Å²) in [6.07, 6.45) is 3.83. The molecule has 0 aliphatic carbocycles. The van der Waals surface area contributed by atoms with E-state index in [-0.39, 0.29) is 0 Å². The number of rotatable bonds is 3. The molecule has 1 aromatic carbocycles. The summed E-state index contributed by atoms with van der Waals surface area (Å²) in [5.41, 5.74) is 3.22. The summed E-state index contributed by atoms with van der Waals surface area (Å²) in [4.78, 5) is 0. The lowest BCUT2D eigenvalue weighted by Crippen LogP contribution is -2.10. The average molecular weight is 236 g/mol. The molecule has 0 saturated heterocycles. The van der Waals surface area contributed by atoms with E-state index >= 15 is 0 Å². The van der Waals surface area contributed by atoms with Gasteiger partial charge in [0.25, 0.3) is 0 Å². The van der Waals surface area contributed by atoms with Crippen LogP contribution >= 0.6 is 11.6 Å². The van der Waals surface area contributed by atoms with Gasteiger partial charge >= 0.3 is 0 Å². The van der Waals surface area contributed by atoms with Gasteiger partial charge in [-0.2, -0.15) is 5.10 Å². The SMILES string of the molecule is CNCc1c(Cl)cccc1-n1cc(C)cn1. The second-order valence-electron chi connectivity index (χ2n) is 3.73. The number of aryl methyl sites for hydroxylation is 1. The molecule has 0 radical (unpaired) electrons. The molecular formula is C12H14ClN3. The number of halogens is 1. The number of hydrogen-bond donors (Lipinski definition) is 1. The number of nitrogens with one attached hydrogen (secondary N) is 1. The Kier molecular flexibility index (Phi) is 3.27. The summed E-state index contributed by atoms with van der Waals surface area (Å²) in [5, 5.41) is 8.18. The fourth-order valence-corrected chi connectivity index (χ4v) is 1.89. The van der Waals surface area contributed by atoms with Crippen molar-refractivity contribution < 1.29 is 0 Å². The van der Waals surface area contributed by atoms with Gasteiger partial charge in [0.1, 0.15) is 0 Å². The van der Waals surface area contributed by atoms with Crippen LogP contribution in [0.25, 0.3) is 5.69 Å². The van der Waals surface area contributed by atoms with Gasteiger partial charge in [-0.3, -0.25) is 0 Å². The van der Waals surface area contributed by atoms with E-state index in [9.17, 15) is 0 Å². The Hall–Kier alpha value is -1.32. The van der Waals surface area contributed by atoms with E-state index in [0.29, 0.717) is 0 Å². The molecule has 0 unspecified atom stereocenters. The van der Waals surface area contributed by atoms with Gasteiger partial charge in [-0.15, -0.1) is 0 Å². The normalized spacial score (nSPS) is 10.7. The molecule has 1 heterocycles. The van der Waals surface area contributed by atoms with Crippen LogP contribution in [0.2, 0.25) is 5.02 Å². The first-order valence-electron chi connectivity index (χ1n) is 5.16. The van der Waals surface area contributed by atoms with Crippen molar-refractivity contribution in [1.29, 1.82) is 0 Å². The molecule has 4 heteroatoms. The highest BCUT2D eigenvalue weighted by atomic mass is 35.5. The van der Waals surface area contributed by atoms with Gasteiger partial charge in [0.2, 0.25) is 0 Å². The fourth-order valence-electron chi connectivity index (χ4n) is 1.66. The van der Waals surface area contributed by atoms with Crippen LogP contribution in [-0.4, -0.2) is 16.8 Å². The summed E-state index contributed by atoms with van der Waals surface area (Å²) < 4.78 is 1.86. The summed E-state index contributed by atoms with van der Waals surface area (Å²) in [7, 11) is 1.90. The van der Waals surface area contributed by atoms with Crippen molar-refractivity contribution in [3.63, 3.8) is 0 Å². The Morgan fingerprint density at radius 3 is 2.88 bits per heavy atom. The molecule has 0 amide bonds. The van der Waals surface area contributed by atoms with Crippen molar-refractivity contribution in [3.8, 4) is 5.69 Å². The molecule has 2 aromatic rings. The molecule has 0 spiro atoms. The molecule has 3 nitrogen and oxygen atoms in total. The zero-order valence-corrected chi connectivity index (χ0v) is 10.1. The zero-order valence-electron chi connectivity index (χ0n) is 9.37. The molecule has 0 saturated carbocycles. The molecule has 0 aliphatic heterocycles. The van der Waals surface area contributed by atoms with Crippen LogP contribution in [0, 0.1) is 6.92 Å².